The summed E-state index contributed by atoms with van der Waals surface area (Å²) in [7, 11) is 0. The van der Waals surface area contributed by atoms with Gasteiger partial charge in [0.15, 0.2) is 6.61 Å². The number of aromatic nitrogens is 2. The zero-order chi connectivity index (χ0) is 20.3. The highest BCUT2D eigenvalue weighted by molar-refractivity contribution is 6.02. The SMILES string of the molecule is C/C(N)=C(/C#N)C(=O)COC(=O)c1ccc2c(c1)nc(C)n2-c1ccccc1. The number of nitrogens with two attached hydrogens (primary N) is 1. The van der Waals surface area contributed by atoms with Gasteiger partial charge in [0, 0.05) is 11.4 Å². The van der Waals surface area contributed by atoms with Crippen LogP contribution in [-0.4, -0.2) is 27.9 Å². The number of ketones is 1. The molecule has 0 spiro atoms. The molecule has 2 aromatic carbocycles. The van der Waals surface area contributed by atoms with Gasteiger partial charge in [-0.3, -0.25) is 9.36 Å². The Bertz CT molecular complexity index is 1130. The minimum absolute atomic E-state index is 0.0897. The Labute approximate surface area is 161 Å². The van der Waals surface area contributed by atoms with Crippen LogP contribution in [0.5, 0.6) is 0 Å². The first-order valence-electron chi connectivity index (χ1n) is 8.53. The van der Waals surface area contributed by atoms with Crippen LogP contribution in [0.15, 0.2) is 59.8 Å². The van der Waals surface area contributed by atoms with Crippen molar-refractivity contribution in [3.05, 3.63) is 71.2 Å². The van der Waals surface area contributed by atoms with Crippen LogP contribution in [0, 0.1) is 18.3 Å². The molecule has 3 aromatic rings. The first-order chi connectivity index (χ1) is 13.4. The molecule has 0 aliphatic carbocycles. The van der Waals surface area contributed by atoms with Crippen molar-refractivity contribution < 1.29 is 14.3 Å². The van der Waals surface area contributed by atoms with E-state index in [1.54, 1.807) is 24.3 Å². The van der Waals surface area contributed by atoms with E-state index < -0.39 is 18.4 Å². The number of fused-ring (bicyclic) bond motifs is 1. The number of nitriles is 1. The van der Waals surface area contributed by atoms with Crippen LogP contribution in [-0.2, 0) is 9.53 Å². The van der Waals surface area contributed by atoms with Gasteiger partial charge in [-0.2, -0.15) is 5.26 Å². The number of imidazole rings is 1. The number of benzene rings is 2. The summed E-state index contributed by atoms with van der Waals surface area (Å²) in [4.78, 5) is 28.7. The highest BCUT2D eigenvalue weighted by Gasteiger charge is 2.17. The second-order valence-corrected chi connectivity index (χ2v) is 6.20. The zero-order valence-corrected chi connectivity index (χ0v) is 15.5. The fourth-order valence-corrected chi connectivity index (χ4v) is 2.89. The molecule has 0 aliphatic heterocycles. The quantitative estimate of drug-likeness (QED) is 0.418. The molecule has 1 aromatic heterocycles. The number of hydrogen-bond donors (Lipinski definition) is 1. The van der Waals surface area contributed by atoms with Gasteiger partial charge in [0.2, 0.25) is 5.78 Å². The van der Waals surface area contributed by atoms with Crippen molar-refractivity contribution in [3.8, 4) is 11.8 Å². The fourth-order valence-electron chi connectivity index (χ4n) is 2.89. The number of rotatable bonds is 5. The molecule has 0 unspecified atom stereocenters. The standard InChI is InChI=1S/C21H18N4O3/c1-13(23)17(11-22)20(26)12-28-21(27)15-8-9-19-18(10-15)24-14(2)25(19)16-6-4-3-5-7-16/h3-10H,12,23H2,1-2H3/b17-13+. The molecule has 0 atom stereocenters. The van der Waals surface area contributed by atoms with E-state index in [4.69, 9.17) is 15.7 Å². The molecule has 7 heteroatoms. The molecule has 0 saturated carbocycles. The van der Waals surface area contributed by atoms with E-state index in [2.05, 4.69) is 4.98 Å². The van der Waals surface area contributed by atoms with E-state index in [1.807, 2.05) is 41.8 Å². The highest BCUT2D eigenvalue weighted by Crippen LogP contribution is 2.22. The lowest BCUT2D eigenvalue weighted by atomic mass is 10.1. The van der Waals surface area contributed by atoms with Crippen LogP contribution in [0.25, 0.3) is 16.7 Å². The predicted molar refractivity (Wildman–Crippen MR) is 104 cm³/mol. The summed E-state index contributed by atoms with van der Waals surface area (Å²) < 4.78 is 7.02. The van der Waals surface area contributed by atoms with Crippen LogP contribution in [0.4, 0.5) is 0 Å². The molecule has 3 rings (SSSR count). The first-order valence-corrected chi connectivity index (χ1v) is 8.53. The van der Waals surface area contributed by atoms with Gasteiger partial charge < -0.3 is 10.5 Å². The smallest absolute Gasteiger partial charge is 0.338 e. The zero-order valence-electron chi connectivity index (χ0n) is 15.5. The summed E-state index contributed by atoms with van der Waals surface area (Å²) in [6, 6.07) is 16.5. The molecule has 0 fully saturated rings. The molecule has 0 aliphatic rings. The van der Waals surface area contributed by atoms with Crippen LogP contribution in [0.3, 0.4) is 0 Å². The van der Waals surface area contributed by atoms with Crippen molar-refractivity contribution in [2.24, 2.45) is 5.73 Å². The summed E-state index contributed by atoms with van der Waals surface area (Å²) in [6.45, 7) is 2.78. The lowest BCUT2D eigenvalue weighted by molar-refractivity contribution is -0.118. The van der Waals surface area contributed by atoms with E-state index in [9.17, 15) is 9.59 Å². The van der Waals surface area contributed by atoms with Gasteiger partial charge in [-0.05, 0) is 44.2 Å². The van der Waals surface area contributed by atoms with Gasteiger partial charge >= 0.3 is 5.97 Å². The van der Waals surface area contributed by atoms with E-state index in [0.717, 1.165) is 17.0 Å². The summed E-state index contributed by atoms with van der Waals surface area (Å²) in [5, 5.41) is 8.93. The number of para-hydroxylation sites is 1. The van der Waals surface area contributed by atoms with Crippen LogP contribution >= 0.6 is 0 Å². The molecule has 2 N–H and O–H groups in total. The van der Waals surface area contributed by atoms with Crippen molar-refractivity contribution in [1.29, 1.82) is 5.26 Å². The molecule has 0 bridgehead atoms. The van der Waals surface area contributed by atoms with Crippen molar-refractivity contribution in [3.63, 3.8) is 0 Å². The summed E-state index contributed by atoms with van der Waals surface area (Å²) in [5.74, 6) is -0.528. The van der Waals surface area contributed by atoms with Gasteiger partial charge in [-0.15, -0.1) is 0 Å². The molecule has 1 heterocycles. The number of carbonyl (C=O) groups is 2. The fraction of sp³-hybridized carbons (Fsp3) is 0.143. The maximum absolute atomic E-state index is 12.3. The number of carbonyl (C=O) groups excluding carboxylic acids is 2. The Balaban J connectivity index is 1.84. The molecule has 0 saturated heterocycles. The summed E-state index contributed by atoms with van der Waals surface area (Å²) >= 11 is 0. The van der Waals surface area contributed by atoms with Crippen molar-refractivity contribution in [1.82, 2.24) is 9.55 Å². The van der Waals surface area contributed by atoms with E-state index >= 15 is 0 Å². The molecule has 0 radical (unpaired) electrons. The van der Waals surface area contributed by atoms with Gasteiger partial charge in [0.1, 0.15) is 17.5 Å². The molecule has 140 valence electrons. The molecule has 7 nitrogen and oxygen atoms in total. The van der Waals surface area contributed by atoms with Gasteiger partial charge in [0.25, 0.3) is 0 Å². The lowest BCUT2D eigenvalue weighted by Crippen LogP contribution is -2.17. The van der Waals surface area contributed by atoms with Crippen molar-refractivity contribution >= 4 is 22.8 Å². The largest absolute Gasteiger partial charge is 0.454 e. The van der Waals surface area contributed by atoms with Gasteiger partial charge in [-0.25, -0.2) is 9.78 Å². The van der Waals surface area contributed by atoms with Crippen LogP contribution in [0.2, 0.25) is 0 Å². The number of hydrogen-bond acceptors (Lipinski definition) is 6. The van der Waals surface area contributed by atoms with E-state index in [0.29, 0.717) is 5.52 Å². The maximum Gasteiger partial charge on any atom is 0.338 e. The summed E-state index contributed by atoms with van der Waals surface area (Å²) in [5.41, 5.74) is 8.08. The average molecular weight is 374 g/mol. The van der Waals surface area contributed by atoms with Crippen LogP contribution < -0.4 is 5.73 Å². The van der Waals surface area contributed by atoms with Gasteiger partial charge in [0.05, 0.1) is 16.6 Å². The number of nitrogens with zero attached hydrogens (tertiary/aromatic N) is 3. The third-order valence-corrected chi connectivity index (χ3v) is 4.19. The lowest BCUT2D eigenvalue weighted by Gasteiger charge is -2.07. The Morgan fingerprint density at radius 3 is 2.57 bits per heavy atom. The minimum atomic E-state index is -0.672. The Morgan fingerprint density at radius 1 is 1.21 bits per heavy atom. The molecule has 0 amide bonds. The molecule has 28 heavy (non-hydrogen) atoms. The molecular weight excluding hydrogens is 356 g/mol. The highest BCUT2D eigenvalue weighted by atomic mass is 16.5. The normalized spacial score (nSPS) is 11.6. The number of ether oxygens (including phenoxy) is 1. The third-order valence-electron chi connectivity index (χ3n) is 4.19. The number of esters is 1. The number of Topliss-reactive ketones (excluding diaryl/α,β-unsaturated/α-hetero) is 1. The topological polar surface area (TPSA) is 111 Å². The monoisotopic (exact) mass is 374 g/mol. The Kier molecular flexibility index (Phi) is 5.23. The Morgan fingerprint density at radius 2 is 1.93 bits per heavy atom. The average Bonchev–Trinajstić information content (AvgIpc) is 3.01. The van der Waals surface area contributed by atoms with Crippen LogP contribution in [0.1, 0.15) is 23.1 Å². The molecular formula is C21H18N4O3. The third kappa shape index (κ3) is 3.62. The van der Waals surface area contributed by atoms with E-state index in [1.165, 1.54) is 6.92 Å². The second-order valence-electron chi connectivity index (χ2n) is 6.20. The summed E-state index contributed by atoms with van der Waals surface area (Å²) in [6.07, 6.45) is 0. The minimum Gasteiger partial charge on any atom is -0.454 e. The van der Waals surface area contributed by atoms with Crippen molar-refractivity contribution in [2.45, 2.75) is 13.8 Å². The van der Waals surface area contributed by atoms with E-state index in [-0.39, 0.29) is 16.8 Å². The second kappa shape index (κ2) is 7.76. The first kappa shape index (κ1) is 18.9. The van der Waals surface area contributed by atoms with Crippen molar-refractivity contribution in [2.75, 3.05) is 6.61 Å². The number of aryl methyl sites for hydroxylation is 1. The predicted octanol–water partition coefficient (Wildman–Crippen LogP) is 2.82. The number of allylic oxidation sites excluding steroid dienone is 1. The Hall–Kier alpha value is -3.92. The van der Waals surface area contributed by atoms with Gasteiger partial charge in [-0.1, -0.05) is 18.2 Å². The maximum atomic E-state index is 12.3.